The predicted octanol–water partition coefficient (Wildman–Crippen LogP) is 9.02. The Morgan fingerprint density at radius 1 is 0.889 bits per heavy atom. The van der Waals surface area contributed by atoms with Gasteiger partial charge in [-0.15, -0.1) is 23.1 Å². The van der Waals surface area contributed by atoms with E-state index in [2.05, 4.69) is 36.9 Å². The molecule has 3 amide bonds. The third kappa shape index (κ3) is 9.29. The lowest BCUT2D eigenvalue weighted by Gasteiger charge is -2.12. The number of amides is 3. The van der Waals surface area contributed by atoms with Crippen molar-refractivity contribution in [1.29, 1.82) is 0 Å². The number of thioether (sulfide) groups is 1. The minimum atomic E-state index is -0.498. The molecule has 0 aliphatic carbocycles. The fourth-order valence-corrected chi connectivity index (χ4v) is 6.24. The van der Waals surface area contributed by atoms with E-state index in [4.69, 9.17) is 23.2 Å². The summed E-state index contributed by atoms with van der Waals surface area (Å²) in [4.78, 5) is 44.2. The van der Waals surface area contributed by atoms with Crippen LogP contribution in [-0.4, -0.2) is 28.5 Å². The third-order valence-corrected chi connectivity index (χ3v) is 8.96. The maximum Gasteiger partial charge on any atom is 0.272 e. The van der Waals surface area contributed by atoms with E-state index in [1.54, 1.807) is 66.7 Å². The number of hydrogen-bond acceptors (Lipinski definition) is 6. The molecule has 0 aliphatic rings. The van der Waals surface area contributed by atoms with Crippen LogP contribution in [0.5, 0.6) is 0 Å². The van der Waals surface area contributed by atoms with Crippen LogP contribution in [0.4, 0.5) is 10.8 Å². The van der Waals surface area contributed by atoms with E-state index in [1.807, 2.05) is 41.8 Å². The molecule has 45 heavy (non-hydrogen) atoms. The van der Waals surface area contributed by atoms with Gasteiger partial charge in [0.05, 0.1) is 16.5 Å². The van der Waals surface area contributed by atoms with Gasteiger partial charge in [-0.2, -0.15) is 0 Å². The lowest BCUT2D eigenvalue weighted by Crippen LogP contribution is -2.30. The first-order chi connectivity index (χ1) is 21.7. The molecule has 7 nitrogen and oxygen atoms in total. The summed E-state index contributed by atoms with van der Waals surface area (Å²) < 4.78 is 0.890. The normalized spacial score (nSPS) is 11.1. The lowest BCUT2D eigenvalue weighted by atomic mass is 10.1. The van der Waals surface area contributed by atoms with Crippen molar-refractivity contribution in [1.82, 2.24) is 10.3 Å². The zero-order chi connectivity index (χ0) is 31.8. The van der Waals surface area contributed by atoms with Gasteiger partial charge in [0.1, 0.15) is 5.70 Å². The maximum atomic E-state index is 13.4. The highest BCUT2D eigenvalue weighted by Crippen LogP contribution is 2.32. The molecule has 0 aliphatic heterocycles. The Bertz CT molecular complexity index is 1880. The van der Waals surface area contributed by atoms with Crippen LogP contribution in [0.15, 0.2) is 118 Å². The Hall–Kier alpha value is -3.93. The molecule has 0 spiro atoms. The first kappa shape index (κ1) is 32.5. The first-order valence-corrected chi connectivity index (χ1v) is 16.7. The highest BCUT2D eigenvalue weighted by molar-refractivity contribution is 9.10. The van der Waals surface area contributed by atoms with Gasteiger partial charge in [0, 0.05) is 36.6 Å². The van der Waals surface area contributed by atoms with Gasteiger partial charge < -0.3 is 16.0 Å². The molecule has 1 aromatic heterocycles. The average molecular weight is 739 g/mol. The quantitative estimate of drug-likeness (QED) is 0.0982. The Labute approximate surface area is 286 Å². The van der Waals surface area contributed by atoms with Crippen LogP contribution in [0.1, 0.15) is 15.9 Å². The minimum absolute atomic E-state index is 0.0753. The van der Waals surface area contributed by atoms with Crippen LogP contribution < -0.4 is 16.0 Å². The number of rotatable bonds is 10. The van der Waals surface area contributed by atoms with Crippen molar-refractivity contribution < 1.29 is 14.4 Å². The maximum absolute atomic E-state index is 13.4. The molecule has 226 valence electrons. The fraction of sp³-hybridized carbons (Fsp3) is 0.0303. The van der Waals surface area contributed by atoms with Crippen molar-refractivity contribution in [2.75, 3.05) is 16.4 Å². The Morgan fingerprint density at radius 2 is 1.67 bits per heavy atom. The molecular formula is C33H23BrCl2N4O3S2. The van der Waals surface area contributed by atoms with Crippen LogP contribution in [-0.2, 0) is 9.59 Å². The zero-order valence-corrected chi connectivity index (χ0v) is 28.0. The van der Waals surface area contributed by atoms with Crippen LogP contribution >= 0.6 is 62.2 Å². The average Bonchev–Trinajstić information content (AvgIpc) is 3.49. The fourth-order valence-electron chi connectivity index (χ4n) is 3.99. The molecular weight excluding hydrogens is 715 g/mol. The molecule has 0 unspecified atom stereocenters. The lowest BCUT2D eigenvalue weighted by molar-refractivity contribution is -0.114. The van der Waals surface area contributed by atoms with E-state index in [0.29, 0.717) is 32.1 Å². The number of benzene rings is 4. The van der Waals surface area contributed by atoms with Gasteiger partial charge in [-0.25, -0.2) is 4.98 Å². The number of nitrogens with zero attached hydrogens (tertiary/aromatic N) is 1. The molecule has 4 aromatic carbocycles. The summed E-state index contributed by atoms with van der Waals surface area (Å²) in [5, 5.41) is 11.7. The van der Waals surface area contributed by atoms with Gasteiger partial charge in [-0.05, 0) is 72.3 Å². The summed E-state index contributed by atoms with van der Waals surface area (Å²) in [6.07, 6.45) is 1.61. The van der Waals surface area contributed by atoms with Crippen LogP contribution in [0, 0.1) is 0 Å². The third-order valence-electron chi connectivity index (χ3n) is 6.13. The zero-order valence-electron chi connectivity index (χ0n) is 23.2. The second-order valence-electron chi connectivity index (χ2n) is 9.41. The highest BCUT2D eigenvalue weighted by Gasteiger charge is 2.16. The molecule has 0 atom stereocenters. The number of nitrogens with one attached hydrogen (secondary N) is 3. The van der Waals surface area contributed by atoms with Crippen LogP contribution in [0.3, 0.4) is 0 Å². The topological polar surface area (TPSA) is 100 Å². The van der Waals surface area contributed by atoms with Gasteiger partial charge in [0.2, 0.25) is 5.91 Å². The second-order valence-corrected chi connectivity index (χ2v) is 13.1. The summed E-state index contributed by atoms with van der Waals surface area (Å²) in [6.45, 7) is 0. The van der Waals surface area contributed by atoms with Gasteiger partial charge in [-0.1, -0.05) is 75.5 Å². The van der Waals surface area contributed by atoms with E-state index in [9.17, 15) is 14.4 Å². The van der Waals surface area contributed by atoms with Crippen molar-refractivity contribution in [3.05, 3.63) is 134 Å². The second kappa shape index (κ2) is 15.4. The highest BCUT2D eigenvalue weighted by atomic mass is 79.9. The smallest absolute Gasteiger partial charge is 0.272 e. The summed E-state index contributed by atoms with van der Waals surface area (Å²) >= 11 is 18.3. The van der Waals surface area contributed by atoms with Crippen molar-refractivity contribution in [2.45, 2.75) is 4.90 Å². The Morgan fingerprint density at radius 3 is 2.42 bits per heavy atom. The number of thiazole rings is 1. The molecule has 0 bridgehead atoms. The molecule has 0 saturated carbocycles. The van der Waals surface area contributed by atoms with Crippen LogP contribution in [0.2, 0.25) is 10.0 Å². The van der Waals surface area contributed by atoms with Gasteiger partial charge in [0.15, 0.2) is 5.13 Å². The number of hydrogen-bond donors (Lipinski definition) is 3. The molecule has 0 radical (unpaired) electrons. The van der Waals surface area contributed by atoms with Crippen molar-refractivity contribution in [3.8, 4) is 11.3 Å². The summed E-state index contributed by atoms with van der Waals surface area (Å²) in [5.74, 6) is -1.02. The molecule has 5 aromatic rings. The Kier molecular flexibility index (Phi) is 11.1. The minimum Gasteiger partial charge on any atom is -0.321 e. The van der Waals surface area contributed by atoms with E-state index in [1.165, 1.54) is 23.1 Å². The monoisotopic (exact) mass is 736 g/mol. The molecule has 0 fully saturated rings. The van der Waals surface area contributed by atoms with Crippen molar-refractivity contribution >= 4 is 96.8 Å². The molecule has 5 rings (SSSR count). The Balaban J connectivity index is 1.22. The predicted molar refractivity (Wildman–Crippen MR) is 188 cm³/mol. The number of carbonyl (C=O) groups is 3. The number of halogens is 3. The number of anilines is 2. The van der Waals surface area contributed by atoms with E-state index in [0.717, 1.165) is 20.5 Å². The summed E-state index contributed by atoms with van der Waals surface area (Å²) in [7, 11) is 0. The van der Waals surface area contributed by atoms with E-state index in [-0.39, 0.29) is 17.4 Å². The SMILES string of the molecule is O=C(CSc1cccc(NC(=O)/C(=C/c2ccc(Br)cc2)NC(=O)c2ccccc2)c1)Nc1nc(-c2ccc(Cl)cc2Cl)cs1. The largest absolute Gasteiger partial charge is 0.321 e. The van der Waals surface area contributed by atoms with Gasteiger partial charge in [-0.3, -0.25) is 14.4 Å². The summed E-state index contributed by atoms with van der Waals surface area (Å²) in [6, 6.07) is 28.3. The van der Waals surface area contributed by atoms with E-state index >= 15 is 0 Å². The van der Waals surface area contributed by atoms with E-state index < -0.39 is 11.8 Å². The van der Waals surface area contributed by atoms with Gasteiger partial charge in [0.25, 0.3) is 11.8 Å². The van der Waals surface area contributed by atoms with Crippen molar-refractivity contribution in [3.63, 3.8) is 0 Å². The van der Waals surface area contributed by atoms with Crippen LogP contribution in [0.25, 0.3) is 17.3 Å². The molecule has 0 saturated heterocycles. The standard InChI is InChI=1S/C33H23BrCl2N4O3S2/c34-22-11-9-20(10-12-22)15-28(38-31(42)21-5-2-1-3-6-21)32(43)37-24-7-4-8-25(17-24)44-19-30(41)40-33-39-29(18-45-33)26-14-13-23(35)16-27(26)36/h1-18H,19H2,(H,37,43)(H,38,42)(H,39,40,41)/b28-15-. The first-order valence-electron chi connectivity index (χ1n) is 13.3. The number of carbonyl (C=O) groups excluding carboxylic acids is 3. The summed E-state index contributed by atoms with van der Waals surface area (Å²) in [5.41, 5.74) is 3.10. The number of aromatic nitrogens is 1. The van der Waals surface area contributed by atoms with Gasteiger partial charge >= 0.3 is 0 Å². The molecule has 1 heterocycles. The molecule has 3 N–H and O–H groups in total. The molecule has 12 heteroatoms. The van der Waals surface area contributed by atoms with Crippen molar-refractivity contribution in [2.24, 2.45) is 0 Å².